The van der Waals surface area contributed by atoms with Gasteiger partial charge in [0.05, 0.1) is 74.9 Å². The fourth-order valence-electron chi connectivity index (χ4n) is 6.97. The van der Waals surface area contributed by atoms with Crippen molar-refractivity contribution in [1.29, 1.82) is 26.3 Å². The van der Waals surface area contributed by atoms with E-state index >= 15 is 0 Å². The van der Waals surface area contributed by atoms with Crippen LogP contribution >= 0.6 is 0 Å². The number of rotatable bonds is 5. The molecule has 6 aromatic carbocycles. The van der Waals surface area contributed by atoms with E-state index in [2.05, 4.69) is 46.0 Å². The van der Waals surface area contributed by atoms with Crippen LogP contribution in [-0.2, 0) is 0 Å². The van der Waals surface area contributed by atoms with Gasteiger partial charge in [0.15, 0.2) is 0 Å². The van der Waals surface area contributed by atoms with Crippen LogP contribution in [0.15, 0.2) is 140 Å². The highest BCUT2D eigenvalue weighted by Crippen LogP contribution is 2.42. The molecule has 0 radical (unpaired) electrons. The SMILES string of the molecule is N#Cc1cc(C#N)cc(-c2ccc3c4ccc(-c5cc(C#N)cc(C#N)c5)cc4n(-c4cc(C#N)c(-c5ccncc5)cc4-c4ccccc4)c3c2)c1. The van der Waals surface area contributed by atoms with Crippen molar-refractivity contribution >= 4 is 21.8 Å². The molecule has 242 valence electrons. The molecule has 0 N–H and O–H groups in total. The quantitative estimate of drug-likeness (QED) is 0.178. The molecule has 53 heavy (non-hydrogen) atoms. The first kappa shape index (κ1) is 32.0. The van der Waals surface area contributed by atoms with Gasteiger partial charge in [-0.2, -0.15) is 26.3 Å². The number of aromatic nitrogens is 2. The van der Waals surface area contributed by atoms with Crippen LogP contribution in [0.5, 0.6) is 0 Å². The molecule has 0 saturated heterocycles. The van der Waals surface area contributed by atoms with E-state index in [0.717, 1.165) is 72.0 Å². The number of nitrogens with zero attached hydrogens (tertiary/aromatic N) is 7. The predicted molar refractivity (Wildman–Crippen MR) is 204 cm³/mol. The molecule has 0 aliphatic carbocycles. The summed E-state index contributed by atoms with van der Waals surface area (Å²) in [5, 5.41) is 51.4. The lowest BCUT2D eigenvalue weighted by Gasteiger charge is -2.18. The lowest BCUT2D eigenvalue weighted by molar-refractivity contribution is 1.18. The molecule has 0 bridgehead atoms. The van der Waals surface area contributed by atoms with Crippen LogP contribution in [0.25, 0.3) is 72.0 Å². The van der Waals surface area contributed by atoms with Gasteiger partial charge in [0.1, 0.15) is 0 Å². The van der Waals surface area contributed by atoms with Gasteiger partial charge in [-0.1, -0.05) is 54.6 Å². The van der Waals surface area contributed by atoms with Crippen molar-refractivity contribution in [3.8, 4) is 80.5 Å². The van der Waals surface area contributed by atoms with Crippen LogP contribution in [0, 0.1) is 56.7 Å². The third kappa shape index (κ3) is 5.68. The summed E-state index contributed by atoms with van der Waals surface area (Å²) in [6.07, 6.45) is 3.42. The zero-order valence-electron chi connectivity index (χ0n) is 27.9. The molecule has 0 fully saturated rings. The Labute approximate surface area is 305 Å². The maximum Gasteiger partial charge on any atom is 0.0998 e. The van der Waals surface area contributed by atoms with Gasteiger partial charge in [-0.05, 0) is 106 Å². The number of nitriles is 5. The first-order valence-electron chi connectivity index (χ1n) is 16.6. The Bertz CT molecular complexity index is 2800. The monoisotopic (exact) mass is 673 g/mol. The fraction of sp³-hybridized carbons (Fsp3) is 0. The highest BCUT2D eigenvalue weighted by atomic mass is 15.0. The van der Waals surface area contributed by atoms with Gasteiger partial charge >= 0.3 is 0 Å². The average Bonchev–Trinajstić information content (AvgIpc) is 3.56. The third-order valence-corrected chi connectivity index (χ3v) is 9.39. The van der Waals surface area contributed by atoms with E-state index in [1.165, 1.54) is 0 Å². The van der Waals surface area contributed by atoms with Crippen LogP contribution in [0.3, 0.4) is 0 Å². The molecule has 0 spiro atoms. The lowest BCUT2D eigenvalue weighted by Crippen LogP contribution is -2.00. The fourth-order valence-corrected chi connectivity index (χ4v) is 6.97. The topological polar surface area (TPSA) is 137 Å². The van der Waals surface area contributed by atoms with Crippen LogP contribution in [0.4, 0.5) is 0 Å². The van der Waals surface area contributed by atoms with Crippen LogP contribution < -0.4 is 0 Å². The molecule has 8 rings (SSSR count). The molecular weight excluding hydrogens is 651 g/mol. The lowest BCUT2D eigenvalue weighted by atomic mass is 9.93. The van der Waals surface area contributed by atoms with Crippen molar-refractivity contribution in [3.05, 3.63) is 168 Å². The average molecular weight is 674 g/mol. The number of hydrogen-bond donors (Lipinski definition) is 0. The number of hydrogen-bond acceptors (Lipinski definition) is 6. The Balaban J connectivity index is 1.50. The van der Waals surface area contributed by atoms with Gasteiger partial charge in [-0.15, -0.1) is 0 Å². The minimum atomic E-state index is 0.386. The highest BCUT2D eigenvalue weighted by molar-refractivity contribution is 6.12. The van der Waals surface area contributed by atoms with E-state index in [-0.39, 0.29) is 0 Å². The summed E-state index contributed by atoms with van der Waals surface area (Å²) in [4.78, 5) is 4.19. The van der Waals surface area contributed by atoms with Crippen molar-refractivity contribution in [2.24, 2.45) is 0 Å². The van der Waals surface area contributed by atoms with E-state index < -0.39 is 0 Å². The number of benzene rings is 6. The Kier molecular flexibility index (Phi) is 7.96. The molecule has 0 aliphatic rings. The summed E-state index contributed by atoms with van der Waals surface area (Å²) < 4.78 is 2.15. The summed E-state index contributed by atoms with van der Waals surface area (Å²) in [5.41, 5.74) is 11.0. The second kappa shape index (κ2) is 13.2. The van der Waals surface area contributed by atoms with E-state index in [0.29, 0.717) is 27.8 Å². The van der Waals surface area contributed by atoms with Gasteiger partial charge < -0.3 is 4.57 Å². The molecule has 0 aliphatic heterocycles. The maximum absolute atomic E-state index is 10.6. The first-order valence-corrected chi connectivity index (χ1v) is 16.6. The predicted octanol–water partition coefficient (Wildman–Crippen LogP) is 10.2. The summed E-state index contributed by atoms with van der Waals surface area (Å²) in [7, 11) is 0. The molecule has 0 amide bonds. The normalized spacial score (nSPS) is 10.5. The maximum atomic E-state index is 10.6. The second-order valence-electron chi connectivity index (χ2n) is 12.5. The van der Waals surface area contributed by atoms with Gasteiger partial charge in [-0.25, -0.2) is 0 Å². The van der Waals surface area contributed by atoms with Crippen molar-refractivity contribution < 1.29 is 0 Å². The molecular formula is C46H23N7. The van der Waals surface area contributed by atoms with Gasteiger partial charge in [0.25, 0.3) is 0 Å². The zero-order valence-corrected chi connectivity index (χ0v) is 27.9. The van der Waals surface area contributed by atoms with Crippen LogP contribution in [0.1, 0.15) is 27.8 Å². The van der Waals surface area contributed by atoms with Crippen molar-refractivity contribution in [1.82, 2.24) is 9.55 Å². The summed E-state index contributed by atoms with van der Waals surface area (Å²) in [5.74, 6) is 0. The Morgan fingerprint density at radius 3 is 1.36 bits per heavy atom. The largest absolute Gasteiger partial charge is 0.309 e. The van der Waals surface area contributed by atoms with E-state index in [4.69, 9.17) is 0 Å². The zero-order chi connectivity index (χ0) is 36.5. The molecule has 8 aromatic rings. The summed E-state index contributed by atoms with van der Waals surface area (Å²) >= 11 is 0. The second-order valence-corrected chi connectivity index (χ2v) is 12.5. The first-order chi connectivity index (χ1) is 26.0. The number of fused-ring (bicyclic) bond motifs is 3. The molecule has 7 heteroatoms. The molecule has 7 nitrogen and oxygen atoms in total. The molecule has 2 heterocycles. The standard InChI is InChI=1S/C46H23N7/c47-24-29-14-30(25-48)17-37(16-29)35-6-8-40-41-9-7-36(38-18-31(26-49)15-32(19-38)27-50)21-45(41)53(44(40)20-35)46-22-39(28-51)42(34-10-12-52-13-11-34)23-43(46)33-4-2-1-3-5-33/h1-23H. The Morgan fingerprint density at radius 2 is 0.887 bits per heavy atom. The molecule has 0 saturated carbocycles. The summed E-state index contributed by atoms with van der Waals surface area (Å²) in [6.45, 7) is 0. The van der Waals surface area contributed by atoms with Crippen LogP contribution in [-0.4, -0.2) is 9.55 Å². The third-order valence-electron chi connectivity index (χ3n) is 9.39. The van der Waals surface area contributed by atoms with E-state index in [9.17, 15) is 26.3 Å². The molecule has 2 aromatic heterocycles. The Morgan fingerprint density at radius 1 is 0.396 bits per heavy atom. The van der Waals surface area contributed by atoms with Crippen molar-refractivity contribution in [2.45, 2.75) is 0 Å². The van der Waals surface area contributed by atoms with Gasteiger partial charge in [-0.3, -0.25) is 4.98 Å². The van der Waals surface area contributed by atoms with Gasteiger partial charge in [0.2, 0.25) is 0 Å². The Hall–Kier alpha value is -8.28. The molecule has 0 atom stereocenters. The van der Waals surface area contributed by atoms with Crippen molar-refractivity contribution in [2.75, 3.05) is 0 Å². The number of pyridine rings is 1. The minimum absolute atomic E-state index is 0.386. The van der Waals surface area contributed by atoms with E-state index in [1.54, 1.807) is 48.8 Å². The molecule has 0 unspecified atom stereocenters. The van der Waals surface area contributed by atoms with Crippen LogP contribution in [0.2, 0.25) is 0 Å². The minimum Gasteiger partial charge on any atom is -0.309 e. The van der Waals surface area contributed by atoms with Gasteiger partial charge in [0, 0.05) is 34.3 Å². The van der Waals surface area contributed by atoms with Crippen molar-refractivity contribution in [3.63, 3.8) is 0 Å². The summed E-state index contributed by atoms with van der Waals surface area (Å²) in [6, 6.07) is 51.3. The highest BCUT2D eigenvalue weighted by Gasteiger charge is 2.21. The van der Waals surface area contributed by atoms with E-state index in [1.807, 2.05) is 84.9 Å². The smallest absolute Gasteiger partial charge is 0.0998 e.